The zero-order chi connectivity index (χ0) is 13.8. The summed E-state index contributed by atoms with van der Waals surface area (Å²) in [7, 11) is 1.48. The molecular formula is C16H17FO2. The predicted molar refractivity (Wildman–Crippen MR) is 72.8 cm³/mol. The first-order chi connectivity index (χ1) is 9.15. The van der Waals surface area contributed by atoms with E-state index < -0.39 is 11.9 Å². The van der Waals surface area contributed by atoms with E-state index in [9.17, 15) is 9.50 Å². The third-order valence-corrected chi connectivity index (χ3v) is 3.18. The lowest BCUT2D eigenvalue weighted by Crippen LogP contribution is -2.03. The maximum atomic E-state index is 13.9. The lowest BCUT2D eigenvalue weighted by molar-refractivity contribution is 0.214. The second kappa shape index (κ2) is 5.85. The van der Waals surface area contributed by atoms with Crippen LogP contribution < -0.4 is 4.74 Å². The Bertz CT molecular complexity index is 566. The summed E-state index contributed by atoms with van der Waals surface area (Å²) in [6, 6.07) is 12.0. The second-order valence-corrected chi connectivity index (χ2v) is 4.39. The van der Waals surface area contributed by atoms with Gasteiger partial charge in [0, 0.05) is 11.6 Å². The summed E-state index contributed by atoms with van der Waals surface area (Å²) in [5, 5.41) is 10.3. The van der Waals surface area contributed by atoms with Crippen LogP contribution in [0.4, 0.5) is 4.39 Å². The van der Waals surface area contributed by atoms with Crippen molar-refractivity contribution in [2.75, 3.05) is 7.11 Å². The molecule has 19 heavy (non-hydrogen) atoms. The molecule has 0 aliphatic carbocycles. The fraction of sp³-hybridized carbons (Fsp3) is 0.250. The molecule has 1 unspecified atom stereocenters. The maximum absolute atomic E-state index is 13.9. The SMILES string of the molecule is CCc1cccc(C(O)c2ccc(OC)cc2F)c1. The van der Waals surface area contributed by atoms with Crippen molar-refractivity contribution in [3.63, 3.8) is 0 Å². The number of ether oxygens (including phenoxy) is 1. The molecule has 2 aromatic carbocycles. The number of aryl methyl sites for hydroxylation is 1. The van der Waals surface area contributed by atoms with Crippen molar-refractivity contribution in [2.24, 2.45) is 0 Å². The van der Waals surface area contributed by atoms with E-state index in [2.05, 4.69) is 0 Å². The van der Waals surface area contributed by atoms with Gasteiger partial charge >= 0.3 is 0 Å². The third kappa shape index (κ3) is 2.93. The van der Waals surface area contributed by atoms with E-state index in [1.807, 2.05) is 25.1 Å². The van der Waals surface area contributed by atoms with Crippen molar-refractivity contribution in [1.82, 2.24) is 0 Å². The normalized spacial score (nSPS) is 12.2. The molecule has 100 valence electrons. The van der Waals surface area contributed by atoms with Crippen LogP contribution in [0, 0.1) is 5.82 Å². The molecule has 3 heteroatoms. The van der Waals surface area contributed by atoms with Gasteiger partial charge in [0.15, 0.2) is 0 Å². The maximum Gasteiger partial charge on any atom is 0.133 e. The Morgan fingerprint density at radius 3 is 2.63 bits per heavy atom. The number of halogens is 1. The molecule has 0 heterocycles. The molecule has 2 rings (SSSR count). The van der Waals surface area contributed by atoms with Gasteiger partial charge in [0.05, 0.1) is 7.11 Å². The number of benzene rings is 2. The average molecular weight is 260 g/mol. The molecule has 1 N–H and O–H groups in total. The van der Waals surface area contributed by atoms with E-state index in [1.165, 1.54) is 13.2 Å². The van der Waals surface area contributed by atoms with Gasteiger partial charge in [-0.05, 0) is 29.7 Å². The molecule has 0 amide bonds. The van der Waals surface area contributed by atoms with Crippen molar-refractivity contribution in [3.05, 3.63) is 65.0 Å². The molecule has 1 atom stereocenters. The largest absolute Gasteiger partial charge is 0.497 e. The minimum absolute atomic E-state index is 0.258. The number of rotatable bonds is 4. The average Bonchev–Trinajstić information content (AvgIpc) is 2.46. The van der Waals surface area contributed by atoms with Crippen LogP contribution >= 0.6 is 0 Å². The highest BCUT2D eigenvalue weighted by Gasteiger charge is 2.15. The van der Waals surface area contributed by atoms with Crippen LogP contribution in [0.15, 0.2) is 42.5 Å². The van der Waals surface area contributed by atoms with Crippen molar-refractivity contribution < 1.29 is 14.2 Å². The summed E-state index contributed by atoms with van der Waals surface area (Å²) in [5.74, 6) is -0.0236. The molecule has 0 saturated heterocycles. The summed E-state index contributed by atoms with van der Waals surface area (Å²) in [6.07, 6.45) is -0.0801. The fourth-order valence-electron chi connectivity index (χ4n) is 2.02. The second-order valence-electron chi connectivity index (χ2n) is 4.39. The van der Waals surface area contributed by atoms with Crippen molar-refractivity contribution in [3.8, 4) is 5.75 Å². The Labute approximate surface area is 112 Å². The highest BCUT2D eigenvalue weighted by atomic mass is 19.1. The highest BCUT2D eigenvalue weighted by Crippen LogP contribution is 2.27. The van der Waals surface area contributed by atoms with Gasteiger partial charge in [-0.25, -0.2) is 4.39 Å². The number of hydrogen-bond donors (Lipinski definition) is 1. The first kappa shape index (κ1) is 13.6. The lowest BCUT2D eigenvalue weighted by atomic mass is 9.98. The number of methoxy groups -OCH3 is 1. The van der Waals surface area contributed by atoms with Gasteiger partial charge in [0.1, 0.15) is 17.7 Å². The molecule has 0 aliphatic heterocycles. The fourth-order valence-corrected chi connectivity index (χ4v) is 2.02. The number of aliphatic hydroxyl groups excluding tert-OH is 1. The molecule has 2 nitrogen and oxygen atoms in total. The monoisotopic (exact) mass is 260 g/mol. The minimum Gasteiger partial charge on any atom is -0.497 e. The summed E-state index contributed by atoms with van der Waals surface area (Å²) in [6.45, 7) is 2.04. The number of hydrogen-bond acceptors (Lipinski definition) is 2. The van der Waals surface area contributed by atoms with E-state index in [-0.39, 0.29) is 5.56 Å². The Morgan fingerprint density at radius 2 is 2.00 bits per heavy atom. The molecule has 0 bridgehead atoms. The first-order valence-electron chi connectivity index (χ1n) is 6.26. The van der Waals surface area contributed by atoms with Gasteiger partial charge in [0.25, 0.3) is 0 Å². The number of aliphatic hydroxyl groups is 1. The van der Waals surface area contributed by atoms with Crippen molar-refractivity contribution in [2.45, 2.75) is 19.4 Å². The Morgan fingerprint density at radius 1 is 1.21 bits per heavy atom. The Balaban J connectivity index is 2.35. The standard InChI is InChI=1S/C16H17FO2/c1-3-11-5-4-6-12(9-11)16(18)14-8-7-13(19-2)10-15(14)17/h4-10,16,18H,3H2,1-2H3. The smallest absolute Gasteiger partial charge is 0.133 e. The van der Waals surface area contributed by atoms with E-state index in [4.69, 9.17) is 4.74 Å². The molecular weight excluding hydrogens is 243 g/mol. The van der Waals surface area contributed by atoms with E-state index in [0.717, 1.165) is 12.0 Å². The molecule has 2 aromatic rings. The van der Waals surface area contributed by atoms with Crippen LogP contribution in [-0.4, -0.2) is 12.2 Å². The molecule has 0 spiro atoms. The summed E-state index contributed by atoms with van der Waals surface area (Å²) < 4.78 is 18.9. The molecule has 0 aliphatic rings. The summed E-state index contributed by atoms with van der Waals surface area (Å²) in [4.78, 5) is 0. The van der Waals surface area contributed by atoms with Crippen molar-refractivity contribution in [1.29, 1.82) is 0 Å². The lowest BCUT2D eigenvalue weighted by Gasteiger charge is -2.14. The zero-order valence-electron chi connectivity index (χ0n) is 11.1. The van der Waals surface area contributed by atoms with E-state index >= 15 is 0 Å². The molecule has 0 fully saturated rings. The predicted octanol–water partition coefficient (Wildman–Crippen LogP) is 3.48. The Kier molecular flexibility index (Phi) is 4.17. The summed E-state index contributed by atoms with van der Waals surface area (Å²) >= 11 is 0. The van der Waals surface area contributed by atoms with Crippen LogP contribution in [0.3, 0.4) is 0 Å². The van der Waals surface area contributed by atoms with Gasteiger partial charge in [-0.2, -0.15) is 0 Å². The van der Waals surface area contributed by atoms with E-state index in [1.54, 1.807) is 18.2 Å². The van der Waals surface area contributed by atoms with Crippen LogP contribution in [-0.2, 0) is 6.42 Å². The highest BCUT2D eigenvalue weighted by molar-refractivity contribution is 5.36. The van der Waals surface area contributed by atoms with Crippen LogP contribution in [0.25, 0.3) is 0 Å². The Hall–Kier alpha value is -1.87. The van der Waals surface area contributed by atoms with Gasteiger partial charge in [-0.1, -0.05) is 31.2 Å². The van der Waals surface area contributed by atoms with Crippen LogP contribution in [0.5, 0.6) is 5.75 Å². The quantitative estimate of drug-likeness (QED) is 0.912. The first-order valence-corrected chi connectivity index (χ1v) is 6.26. The van der Waals surface area contributed by atoms with E-state index in [0.29, 0.717) is 11.3 Å². The van der Waals surface area contributed by atoms with Gasteiger partial charge in [-0.15, -0.1) is 0 Å². The molecule has 0 saturated carbocycles. The van der Waals surface area contributed by atoms with Gasteiger partial charge in [-0.3, -0.25) is 0 Å². The van der Waals surface area contributed by atoms with Crippen LogP contribution in [0.2, 0.25) is 0 Å². The third-order valence-electron chi connectivity index (χ3n) is 3.18. The molecule has 0 aromatic heterocycles. The van der Waals surface area contributed by atoms with Crippen LogP contribution in [0.1, 0.15) is 29.7 Å². The summed E-state index contributed by atoms with van der Waals surface area (Å²) in [5.41, 5.74) is 2.07. The van der Waals surface area contributed by atoms with Crippen molar-refractivity contribution >= 4 is 0 Å². The topological polar surface area (TPSA) is 29.5 Å². The van der Waals surface area contributed by atoms with Gasteiger partial charge in [0.2, 0.25) is 0 Å². The van der Waals surface area contributed by atoms with Gasteiger partial charge < -0.3 is 9.84 Å². The molecule has 0 radical (unpaired) electrons. The zero-order valence-corrected chi connectivity index (χ0v) is 11.1. The minimum atomic E-state index is -0.961.